The van der Waals surface area contributed by atoms with Gasteiger partial charge in [0, 0.05) is 25.3 Å². The summed E-state index contributed by atoms with van der Waals surface area (Å²) in [4.78, 5) is 2.12. The summed E-state index contributed by atoms with van der Waals surface area (Å²) in [6, 6.07) is 4.00. The molecule has 1 atom stereocenters. The third-order valence-electron chi connectivity index (χ3n) is 2.98. The summed E-state index contributed by atoms with van der Waals surface area (Å²) < 4.78 is 18.2. The van der Waals surface area contributed by atoms with Gasteiger partial charge >= 0.3 is 0 Å². The fourth-order valence-corrected chi connectivity index (χ4v) is 1.89. The van der Waals surface area contributed by atoms with Gasteiger partial charge in [0.25, 0.3) is 0 Å². The van der Waals surface area contributed by atoms with E-state index in [4.69, 9.17) is 4.74 Å². The minimum absolute atomic E-state index is 0.0363. The van der Waals surface area contributed by atoms with Crippen LogP contribution in [0.15, 0.2) is 18.2 Å². The number of phenolic OH excluding ortho intramolecular Hbond substituents is 1. The fourth-order valence-electron chi connectivity index (χ4n) is 1.89. The molecule has 1 aromatic rings. The Balaban J connectivity index is 2.85. The van der Waals surface area contributed by atoms with Crippen molar-refractivity contribution in [2.75, 3.05) is 26.8 Å². The molecule has 0 saturated carbocycles. The van der Waals surface area contributed by atoms with E-state index in [-0.39, 0.29) is 17.6 Å². The second-order valence-corrected chi connectivity index (χ2v) is 4.00. The molecule has 1 N–H and O–H groups in total. The van der Waals surface area contributed by atoms with Crippen molar-refractivity contribution in [2.24, 2.45) is 0 Å². The normalized spacial score (nSPS) is 13.0. The summed E-state index contributed by atoms with van der Waals surface area (Å²) in [5.74, 6) is -0.192. The zero-order valence-electron chi connectivity index (χ0n) is 10.6. The highest BCUT2D eigenvalue weighted by Crippen LogP contribution is 2.28. The highest BCUT2D eigenvalue weighted by molar-refractivity contribution is 5.34. The van der Waals surface area contributed by atoms with E-state index >= 15 is 0 Å². The molecule has 1 rings (SSSR count). The molecule has 96 valence electrons. The van der Waals surface area contributed by atoms with Crippen LogP contribution in [0.2, 0.25) is 0 Å². The first-order valence-corrected chi connectivity index (χ1v) is 5.81. The highest BCUT2D eigenvalue weighted by atomic mass is 19.1. The van der Waals surface area contributed by atoms with Gasteiger partial charge in [-0.05, 0) is 31.7 Å². The van der Waals surface area contributed by atoms with E-state index in [1.165, 1.54) is 18.2 Å². The summed E-state index contributed by atoms with van der Waals surface area (Å²) in [6.45, 7) is 6.18. The first-order valence-electron chi connectivity index (χ1n) is 5.81. The Hall–Kier alpha value is -1.13. The number of ether oxygens (including phenoxy) is 1. The van der Waals surface area contributed by atoms with E-state index in [1.54, 1.807) is 7.11 Å². The number of hydrogen-bond acceptors (Lipinski definition) is 3. The van der Waals surface area contributed by atoms with Crippen LogP contribution in [-0.4, -0.2) is 36.8 Å². The van der Waals surface area contributed by atoms with E-state index < -0.39 is 0 Å². The minimum Gasteiger partial charge on any atom is -0.508 e. The number of halogens is 1. The predicted molar refractivity (Wildman–Crippen MR) is 65.6 cm³/mol. The number of phenols is 1. The third-order valence-corrected chi connectivity index (χ3v) is 2.98. The van der Waals surface area contributed by atoms with Gasteiger partial charge in [-0.15, -0.1) is 0 Å². The Kier molecular flexibility index (Phi) is 5.38. The van der Waals surface area contributed by atoms with E-state index in [2.05, 4.69) is 4.90 Å². The number of aromatic hydroxyl groups is 1. The minimum atomic E-state index is -0.326. The summed E-state index contributed by atoms with van der Waals surface area (Å²) in [6.07, 6.45) is 0. The van der Waals surface area contributed by atoms with Crippen molar-refractivity contribution in [2.45, 2.75) is 19.9 Å². The summed E-state index contributed by atoms with van der Waals surface area (Å²) in [5.41, 5.74) is 0.614. The Labute approximate surface area is 102 Å². The fraction of sp³-hybridized carbons (Fsp3) is 0.538. The standard InChI is InChI=1S/C13H20FNO2/c1-4-15(7-8-17-3)10(2)12-9-11(14)5-6-13(12)16/h5-6,9-10,16H,4,7-8H2,1-3H3. The molecule has 1 unspecified atom stereocenters. The van der Waals surface area contributed by atoms with Crippen LogP contribution in [0.1, 0.15) is 25.5 Å². The Morgan fingerprint density at radius 3 is 2.76 bits per heavy atom. The van der Waals surface area contributed by atoms with Crippen molar-refractivity contribution in [1.82, 2.24) is 4.90 Å². The number of rotatable bonds is 6. The number of benzene rings is 1. The summed E-state index contributed by atoms with van der Waals surface area (Å²) in [5, 5.41) is 9.75. The van der Waals surface area contributed by atoms with Crippen molar-refractivity contribution in [3.63, 3.8) is 0 Å². The largest absolute Gasteiger partial charge is 0.508 e. The van der Waals surface area contributed by atoms with Crippen LogP contribution in [0.25, 0.3) is 0 Å². The average molecular weight is 241 g/mol. The summed E-state index contributed by atoms with van der Waals surface area (Å²) in [7, 11) is 1.65. The molecular formula is C13H20FNO2. The molecule has 0 radical (unpaired) electrons. The number of likely N-dealkylation sites (N-methyl/N-ethyl adjacent to an activating group) is 1. The van der Waals surface area contributed by atoms with Gasteiger partial charge < -0.3 is 9.84 Å². The van der Waals surface area contributed by atoms with Crippen LogP contribution >= 0.6 is 0 Å². The molecule has 0 spiro atoms. The lowest BCUT2D eigenvalue weighted by atomic mass is 10.1. The molecule has 0 bridgehead atoms. The summed E-state index contributed by atoms with van der Waals surface area (Å²) >= 11 is 0. The Morgan fingerprint density at radius 2 is 2.18 bits per heavy atom. The molecule has 0 aliphatic heterocycles. The van der Waals surface area contributed by atoms with Gasteiger partial charge in [-0.2, -0.15) is 0 Å². The zero-order valence-corrected chi connectivity index (χ0v) is 10.6. The third kappa shape index (κ3) is 3.68. The smallest absolute Gasteiger partial charge is 0.123 e. The molecule has 0 fully saturated rings. The van der Waals surface area contributed by atoms with Crippen molar-refractivity contribution in [1.29, 1.82) is 0 Å². The van der Waals surface area contributed by atoms with Crippen molar-refractivity contribution < 1.29 is 14.2 Å². The first kappa shape index (κ1) is 13.9. The number of nitrogens with zero attached hydrogens (tertiary/aromatic N) is 1. The molecule has 0 aliphatic carbocycles. The van der Waals surface area contributed by atoms with E-state index in [0.717, 1.165) is 13.1 Å². The molecule has 0 amide bonds. The lowest BCUT2D eigenvalue weighted by molar-refractivity contribution is 0.128. The topological polar surface area (TPSA) is 32.7 Å². The molecule has 1 aromatic carbocycles. The second-order valence-electron chi connectivity index (χ2n) is 4.00. The van der Waals surface area contributed by atoms with Crippen LogP contribution < -0.4 is 0 Å². The molecule has 4 heteroatoms. The van der Waals surface area contributed by atoms with Crippen LogP contribution in [0.5, 0.6) is 5.75 Å². The van der Waals surface area contributed by atoms with Gasteiger partial charge in [0.1, 0.15) is 11.6 Å². The highest BCUT2D eigenvalue weighted by Gasteiger charge is 2.17. The van der Waals surface area contributed by atoms with Crippen molar-refractivity contribution in [3.05, 3.63) is 29.6 Å². The molecule has 0 heterocycles. The van der Waals surface area contributed by atoms with Crippen molar-refractivity contribution >= 4 is 0 Å². The first-order chi connectivity index (χ1) is 8.10. The Bertz CT molecular complexity index is 357. The predicted octanol–water partition coefficient (Wildman–Crippen LogP) is 2.56. The maximum Gasteiger partial charge on any atom is 0.123 e. The van der Waals surface area contributed by atoms with Gasteiger partial charge in [-0.25, -0.2) is 4.39 Å². The second kappa shape index (κ2) is 6.57. The van der Waals surface area contributed by atoms with E-state index in [9.17, 15) is 9.50 Å². The Morgan fingerprint density at radius 1 is 1.47 bits per heavy atom. The lowest BCUT2D eigenvalue weighted by Gasteiger charge is -2.28. The van der Waals surface area contributed by atoms with Gasteiger partial charge in [-0.3, -0.25) is 4.90 Å². The maximum absolute atomic E-state index is 13.2. The molecule has 0 aromatic heterocycles. The van der Waals surface area contributed by atoms with Gasteiger partial charge in [0.05, 0.1) is 6.61 Å². The van der Waals surface area contributed by atoms with Crippen LogP contribution in [-0.2, 0) is 4.74 Å². The molecule has 3 nitrogen and oxygen atoms in total. The molecular weight excluding hydrogens is 221 g/mol. The number of methoxy groups -OCH3 is 1. The average Bonchev–Trinajstić information content (AvgIpc) is 2.33. The molecule has 17 heavy (non-hydrogen) atoms. The van der Waals surface area contributed by atoms with Gasteiger partial charge in [-0.1, -0.05) is 6.92 Å². The van der Waals surface area contributed by atoms with E-state index in [1.807, 2.05) is 13.8 Å². The quantitative estimate of drug-likeness (QED) is 0.830. The van der Waals surface area contributed by atoms with Gasteiger partial charge in [0.15, 0.2) is 0 Å². The van der Waals surface area contributed by atoms with Crippen molar-refractivity contribution in [3.8, 4) is 5.75 Å². The molecule has 0 saturated heterocycles. The van der Waals surface area contributed by atoms with Crippen LogP contribution in [0.3, 0.4) is 0 Å². The molecule has 0 aliphatic rings. The van der Waals surface area contributed by atoms with Gasteiger partial charge in [0.2, 0.25) is 0 Å². The zero-order chi connectivity index (χ0) is 12.8. The SMILES string of the molecule is CCN(CCOC)C(C)c1cc(F)ccc1O. The van der Waals surface area contributed by atoms with Crippen LogP contribution in [0.4, 0.5) is 4.39 Å². The number of hydrogen-bond donors (Lipinski definition) is 1. The maximum atomic E-state index is 13.2. The van der Waals surface area contributed by atoms with Crippen LogP contribution in [0, 0.1) is 5.82 Å². The lowest BCUT2D eigenvalue weighted by Crippen LogP contribution is -2.30. The van der Waals surface area contributed by atoms with E-state index in [0.29, 0.717) is 12.2 Å². The monoisotopic (exact) mass is 241 g/mol.